The van der Waals surface area contributed by atoms with Crippen LogP contribution >= 0.6 is 0 Å². The second kappa shape index (κ2) is 9.68. The molecule has 0 aliphatic carbocycles. The summed E-state index contributed by atoms with van der Waals surface area (Å²) in [5.41, 5.74) is 2.66. The summed E-state index contributed by atoms with van der Waals surface area (Å²) < 4.78 is 38.9. The normalized spacial score (nSPS) is 12.4. The summed E-state index contributed by atoms with van der Waals surface area (Å²) in [6.07, 6.45) is 2.92. The number of hydrogen-bond acceptors (Lipinski definition) is 3. The Bertz CT molecular complexity index is 881. The van der Waals surface area contributed by atoms with Gasteiger partial charge in [-0.15, -0.1) is 0 Å². The third kappa shape index (κ3) is 6.05. The van der Waals surface area contributed by atoms with Crippen LogP contribution in [0.15, 0.2) is 48.5 Å². The quantitative estimate of drug-likeness (QED) is 0.649. The van der Waals surface area contributed by atoms with Gasteiger partial charge in [-0.3, -0.25) is 9.10 Å². The van der Waals surface area contributed by atoms with Crippen LogP contribution < -0.4 is 9.62 Å². The van der Waals surface area contributed by atoms with Gasteiger partial charge in [0.1, 0.15) is 11.9 Å². The second-order valence-electron chi connectivity index (χ2n) is 6.84. The minimum Gasteiger partial charge on any atom is -0.354 e. The minimum atomic E-state index is -3.71. The molecular formula is C21H27FN2O3S. The van der Waals surface area contributed by atoms with E-state index in [0.717, 1.165) is 23.4 Å². The molecule has 0 aliphatic heterocycles. The Morgan fingerprint density at radius 1 is 1.11 bits per heavy atom. The monoisotopic (exact) mass is 406 g/mol. The van der Waals surface area contributed by atoms with Crippen molar-refractivity contribution in [3.63, 3.8) is 0 Å². The van der Waals surface area contributed by atoms with Crippen molar-refractivity contribution >= 4 is 21.6 Å². The summed E-state index contributed by atoms with van der Waals surface area (Å²) in [5.74, 6) is -0.827. The molecule has 0 spiro atoms. The zero-order valence-electron chi connectivity index (χ0n) is 16.5. The van der Waals surface area contributed by atoms with E-state index in [2.05, 4.69) is 17.4 Å². The molecule has 1 atom stereocenters. The number of anilines is 1. The maximum atomic E-state index is 13.2. The first-order chi connectivity index (χ1) is 13.2. The lowest BCUT2D eigenvalue weighted by molar-refractivity contribution is -0.122. The van der Waals surface area contributed by atoms with Crippen LogP contribution in [0.1, 0.15) is 30.9 Å². The molecule has 2 aromatic rings. The highest BCUT2D eigenvalue weighted by Gasteiger charge is 2.31. The van der Waals surface area contributed by atoms with E-state index in [0.29, 0.717) is 13.0 Å². The molecule has 28 heavy (non-hydrogen) atoms. The summed E-state index contributed by atoms with van der Waals surface area (Å²) in [5, 5.41) is 2.83. The Morgan fingerprint density at radius 2 is 1.71 bits per heavy atom. The zero-order chi connectivity index (χ0) is 20.7. The van der Waals surface area contributed by atoms with Crippen molar-refractivity contribution in [3.05, 3.63) is 65.5 Å². The van der Waals surface area contributed by atoms with Gasteiger partial charge in [-0.25, -0.2) is 12.8 Å². The number of amides is 1. The molecule has 0 aromatic heterocycles. The van der Waals surface area contributed by atoms with Crippen molar-refractivity contribution in [2.75, 3.05) is 17.1 Å². The van der Waals surface area contributed by atoms with Gasteiger partial charge in [0.25, 0.3) is 0 Å². The Labute approximate surface area is 166 Å². The number of benzene rings is 2. The molecule has 1 amide bonds. The molecule has 0 radical (unpaired) electrons. The SMILES string of the molecule is CC[C@@H](C(=O)NCCCc1ccc(C)cc1)N(c1ccc(F)cc1)S(C)(=O)=O. The van der Waals surface area contributed by atoms with E-state index in [1.165, 1.54) is 35.4 Å². The first kappa shape index (κ1) is 21.9. The molecule has 0 heterocycles. The van der Waals surface area contributed by atoms with Crippen LogP contribution in [0.5, 0.6) is 0 Å². The zero-order valence-corrected chi connectivity index (χ0v) is 17.3. The fourth-order valence-corrected chi connectivity index (χ4v) is 4.24. The molecule has 0 unspecified atom stereocenters. The summed E-state index contributed by atoms with van der Waals surface area (Å²) in [4.78, 5) is 12.7. The van der Waals surface area contributed by atoms with E-state index in [-0.39, 0.29) is 11.6 Å². The molecule has 2 aromatic carbocycles. The van der Waals surface area contributed by atoms with Crippen molar-refractivity contribution in [2.45, 2.75) is 39.2 Å². The summed E-state index contributed by atoms with van der Waals surface area (Å²) in [6, 6.07) is 12.4. The Hall–Kier alpha value is -2.41. The number of halogens is 1. The van der Waals surface area contributed by atoms with Gasteiger partial charge in [-0.1, -0.05) is 36.8 Å². The van der Waals surface area contributed by atoms with E-state index < -0.39 is 21.9 Å². The number of carbonyl (C=O) groups is 1. The fraction of sp³-hybridized carbons (Fsp3) is 0.381. The minimum absolute atomic E-state index is 0.269. The van der Waals surface area contributed by atoms with E-state index in [9.17, 15) is 17.6 Å². The highest BCUT2D eigenvalue weighted by Crippen LogP contribution is 2.22. The molecule has 0 saturated heterocycles. The van der Waals surface area contributed by atoms with Crippen molar-refractivity contribution in [2.24, 2.45) is 0 Å². The van der Waals surface area contributed by atoms with E-state index in [4.69, 9.17) is 0 Å². The number of hydrogen-bond donors (Lipinski definition) is 1. The largest absolute Gasteiger partial charge is 0.354 e. The lowest BCUT2D eigenvalue weighted by Gasteiger charge is -2.30. The Kier molecular flexibility index (Phi) is 7.57. The molecule has 0 aliphatic rings. The number of nitrogens with zero attached hydrogens (tertiary/aromatic N) is 1. The van der Waals surface area contributed by atoms with Crippen molar-refractivity contribution in [1.82, 2.24) is 5.32 Å². The second-order valence-corrected chi connectivity index (χ2v) is 8.70. The first-order valence-corrected chi connectivity index (χ1v) is 11.2. The van der Waals surface area contributed by atoms with E-state index >= 15 is 0 Å². The highest BCUT2D eigenvalue weighted by atomic mass is 32.2. The Balaban J connectivity index is 2.02. The van der Waals surface area contributed by atoms with Crippen LogP contribution in [0.3, 0.4) is 0 Å². The van der Waals surface area contributed by atoms with E-state index in [1.54, 1.807) is 6.92 Å². The number of carbonyl (C=O) groups excluding carboxylic acids is 1. The van der Waals surface area contributed by atoms with Crippen LogP contribution in [0.2, 0.25) is 0 Å². The van der Waals surface area contributed by atoms with Crippen LogP contribution in [-0.2, 0) is 21.2 Å². The summed E-state index contributed by atoms with van der Waals surface area (Å²) in [6.45, 7) is 4.23. The topological polar surface area (TPSA) is 66.5 Å². The number of rotatable bonds is 9. The van der Waals surface area contributed by atoms with Gasteiger partial charge in [-0.05, 0) is 56.0 Å². The fourth-order valence-electron chi connectivity index (χ4n) is 3.02. The average Bonchev–Trinajstić information content (AvgIpc) is 2.64. The van der Waals surface area contributed by atoms with Crippen molar-refractivity contribution in [3.8, 4) is 0 Å². The molecule has 2 rings (SSSR count). The number of aryl methyl sites for hydroxylation is 2. The number of nitrogens with one attached hydrogen (secondary N) is 1. The molecule has 7 heteroatoms. The molecule has 0 bridgehead atoms. The smallest absolute Gasteiger partial charge is 0.243 e. The molecule has 0 fully saturated rings. The van der Waals surface area contributed by atoms with Crippen molar-refractivity contribution in [1.29, 1.82) is 0 Å². The summed E-state index contributed by atoms with van der Waals surface area (Å²) in [7, 11) is -3.71. The maximum Gasteiger partial charge on any atom is 0.243 e. The maximum absolute atomic E-state index is 13.2. The van der Waals surface area contributed by atoms with Gasteiger partial charge >= 0.3 is 0 Å². The molecule has 152 valence electrons. The Morgan fingerprint density at radius 3 is 2.25 bits per heavy atom. The van der Waals surface area contributed by atoms with Crippen molar-refractivity contribution < 1.29 is 17.6 Å². The van der Waals surface area contributed by atoms with Gasteiger partial charge in [-0.2, -0.15) is 0 Å². The molecule has 5 nitrogen and oxygen atoms in total. The molecular weight excluding hydrogens is 379 g/mol. The predicted molar refractivity (Wildman–Crippen MR) is 110 cm³/mol. The highest BCUT2D eigenvalue weighted by molar-refractivity contribution is 7.92. The lowest BCUT2D eigenvalue weighted by Crippen LogP contribution is -2.49. The average molecular weight is 407 g/mol. The number of sulfonamides is 1. The first-order valence-electron chi connectivity index (χ1n) is 9.30. The standard InChI is InChI=1S/C21H27FN2O3S/c1-4-20(24(28(3,26)27)19-13-11-18(22)12-14-19)21(25)23-15-5-6-17-9-7-16(2)8-10-17/h7-14,20H,4-6,15H2,1-3H3,(H,23,25)/t20-/m0/s1. The summed E-state index contributed by atoms with van der Waals surface area (Å²) >= 11 is 0. The predicted octanol–water partition coefficient (Wildman–Crippen LogP) is 3.43. The van der Waals surface area contributed by atoms with Gasteiger partial charge in [0.15, 0.2) is 0 Å². The van der Waals surface area contributed by atoms with E-state index in [1.807, 2.05) is 19.1 Å². The van der Waals surface area contributed by atoms with Gasteiger partial charge < -0.3 is 5.32 Å². The van der Waals surface area contributed by atoms with Gasteiger partial charge in [0.05, 0.1) is 11.9 Å². The third-order valence-corrected chi connectivity index (χ3v) is 5.65. The molecule has 1 N–H and O–H groups in total. The molecule has 0 saturated carbocycles. The van der Waals surface area contributed by atoms with Crippen LogP contribution in [0.4, 0.5) is 10.1 Å². The van der Waals surface area contributed by atoms with Crippen LogP contribution in [0.25, 0.3) is 0 Å². The lowest BCUT2D eigenvalue weighted by atomic mass is 10.1. The van der Waals surface area contributed by atoms with Crippen LogP contribution in [0, 0.1) is 12.7 Å². The van der Waals surface area contributed by atoms with Crippen LogP contribution in [-0.4, -0.2) is 33.2 Å². The van der Waals surface area contributed by atoms with Gasteiger partial charge in [0, 0.05) is 6.54 Å². The van der Waals surface area contributed by atoms with Gasteiger partial charge in [0.2, 0.25) is 15.9 Å². The third-order valence-electron chi connectivity index (χ3n) is 4.47.